The number of ether oxygens (including phenoxy) is 1. The molecule has 1 atom stereocenters. The highest BCUT2D eigenvalue weighted by molar-refractivity contribution is 6.30. The summed E-state index contributed by atoms with van der Waals surface area (Å²) in [6.07, 6.45) is 0.666. The molecule has 0 fully saturated rings. The topological polar surface area (TPSA) is 35.2 Å². The summed E-state index contributed by atoms with van der Waals surface area (Å²) in [6.45, 7) is 6.25. The van der Waals surface area contributed by atoms with Gasteiger partial charge in [0.15, 0.2) is 0 Å². The van der Waals surface area contributed by atoms with Crippen LogP contribution in [0.2, 0.25) is 5.02 Å². The van der Waals surface area contributed by atoms with Gasteiger partial charge in [0, 0.05) is 10.6 Å². The summed E-state index contributed by atoms with van der Waals surface area (Å²) in [6, 6.07) is 12.0. The lowest BCUT2D eigenvalue weighted by molar-refractivity contribution is 0.399. The molecule has 0 aromatic heterocycles. The van der Waals surface area contributed by atoms with Crippen LogP contribution < -0.4 is 10.5 Å². The minimum absolute atomic E-state index is 0.476. The standard InChI is InChI=1S/C18H22ClNO/c1-12-5-6-15(9-13(12)2)18(3,20)11-14-10-16(19)7-8-17(14)21-4/h5-10H,11,20H2,1-4H3. The fourth-order valence-corrected chi connectivity index (χ4v) is 2.67. The van der Waals surface area contributed by atoms with Crippen molar-refractivity contribution in [1.82, 2.24) is 0 Å². The van der Waals surface area contributed by atoms with Gasteiger partial charge >= 0.3 is 0 Å². The Bertz CT molecular complexity index is 650. The molecule has 1 unspecified atom stereocenters. The van der Waals surface area contributed by atoms with Crippen molar-refractivity contribution in [3.05, 3.63) is 63.7 Å². The molecule has 0 saturated heterocycles. The first kappa shape index (κ1) is 15.9. The minimum atomic E-state index is -0.476. The molecule has 2 rings (SSSR count). The van der Waals surface area contributed by atoms with Crippen LogP contribution in [-0.4, -0.2) is 7.11 Å². The summed E-state index contributed by atoms with van der Waals surface area (Å²) < 4.78 is 5.41. The summed E-state index contributed by atoms with van der Waals surface area (Å²) in [5, 5.41) is 0.696. The molecule has 21 heavy (non-hydrogen) atoms. The van der Waals surface area contributed by atoms with Gasteiger partial charge in [-0.1, -0.05) is 29.8 Å². The Hall–Kier alpha value is -1.51. The monoisotopic (exact) mass is 303 g/mol. The van der Waals surface area contributed by atoms with Crippen LogP contribution in [0.4, 0.5) is 0 Å². The third-order valence-corrected chi connectivity index (χ3v) is 4.20. The largest absolute Gasteiger partial charge is 0.496 e. The van der Waals surface area contributed by atoms with Gasteiger partial charge in [-0.2, -0.15) is 0 Å². The number of hydrogen-bond donors (Lipinski definition) is 1. The quantitative estimate of drug-likeness (QED) is 0.909. The fraction of sp³-hybridized carbons (Fsp3) is 0.333. The molecule has 2 nitrogen and oxygen atoms in total. The van der Waals surface area contributed by atoms with Crippen LogP contribution in [0, 0.1) is 13.8 Å². The van der Waals surface area contributed by atoms with Crippen molar-refractivity contribution in [3.63, 3.8) is 0 Å². The van der Waals surface area contributed by atoms with Crippen LogP contribution in [0.1, 0.15) is 29.2 Å². The lowest BCUT2D eigenvalue weighted by atomic mass is 9.85. The summed E-state index contributed by atoms with van der Waals surface area (Å²) in [7, 11) is 1.66. The summed E-state index contributed by atoms with van der Waals surface area (Å²) in [5.74, 6) is 0.819. The molecule has 0 aliphatic carbocycles. The Morgan fingerprint density at radius 1 is 1.10 bits per heavy atom. The van der Waals surface area contributed by atoms with E-state index in [1.54, 1.807) is 7.11 Å². The maximum atomic E-state index is 6.56. The molecule has 0 amide bonds. The molecule has 2 aromatic rings. The number of methoxy groups -OCH3 is 1. The van der Waals surface area contributed by atoms with Gasteiger partial charge in [-0.25, -0.2) is 0 Å². The van der Waals surface area contributed by atoms with Crippen LogP contribution in [0.25, 0.3) is 0 Å². The number of hydrogen-bond acceptors (Lipinski definition) is 2. The Labute approximate surface area is 131 Å². The van der Waals surface area contributed by atoms with Gasteiger partial charge in [0.2, 0.25) is 0 Å². The van der Waals surface area contributed by atoms with Gasteiger partial charge < -0.3 is 10.5 Å². The SMILES string of the molecule is COc1ccc(Cl)cc1CC(C)(N)c1ccc(C)c(C)c1. The Kier molecular flexibility index (Phi) is 4.60. The fourth-order valence-electron chi connectivity index (χ4n) is 2.48. The summed E-state index contributed by atoms with van der Waals surface area (Å²) in [5.41, 5.74) is 10.8. The van der Waals surface area contributed by atoms with Crippen LogP contribution in [-0.2, 0) is 12.0 Å². The Morgan fingerprint density at radius 2 is 1.81 bits per heavy atom. The zero-order valence-electron chi connectivity index (χ0n) is 13.0. The van der Waals surface area contributed by atoms with Crippen molar-refractivity contribution >= 4 is 11.6 Å². The smallest absolute Gasteiger partial charge is 0.122 e. The summed E-state index contributed by atoms with van der Waals surface area (Å²) >= 11 is 6.10. The van der Waals surface area contributed by atoms with E-state index < -0.39 is 5.54 Å². The molecule has 0 saturated carbocycles. The zero-order chi connectivity index (χ0) is 15.6. The lowest BCUT2D eigenvalue weighted by Crippen LogP contribution is -2.35. The zero-order valence-corrected chi connectivity index (χ0v) is 13.8. The number of aryl methyl sites for hydroxylation is 2. The Morgan fingerprint density at radius 3 is 2.43 bits per heavy atom. The van der Waals surface area contributed by atoms with Crippen LogP contribution >= 0.6 is 11.6 Å². The minimum Gasteiger partial charge on any atom is -0.496 e. The average Bonchev–Trinajstić information content (AvgIpc) is 2.41. The van der Waals surface area contributed by atoms with E-state index in [9.17, 15) is 0 Å². The van der Waals surface area contributed by atoms with E-state index in [1.165, 1.54) is 11.1 Å². The van der Waals surface area contributed by atoms with Gasteiger partial charge in [-0.3, -0.25) is 0 Å². The second kappa shape index (κ2) is 6.08. The molecule has 0 spiro atoms. The van der Waals surface area contributed by atoms with Gasteiger partial charge in [0.1, 0.15) is 5.75 Å². The van der Waals surface area contributed by atoms with E-state index in [0.717, 1.165) is 16.9 Å². The molecule has 112 valence electrons. The van der Waals surface area contributed by atoms with E-state index in [-0.39, 0.29) is 0 Å². The lowest BCUT2D eigenvalue weighted by Gasteiger charge is -2.27. The normalized spacial score (nSPS) is 13.8. The van der Waals surface area contributed by atoms with Gasteiger partial charge in [0.25, 0.3) is 0 Å². The number of rotatable bonds is 4. The van der Waals surface area contributed by atoms with Crippen molar-refractivity contribution in [2.45, 2.75) is 32.7 Å². The number of nitrogens with two attached hydrogens (primary N) is 1. The first-order valence-electron chi connectivity index (χ1n) is 7.02. The Balaban J connectivity index is 2.36. The molecule has 2 N–H and O–H groups in total. The predicted octanol–water partition coefficient (Wildman–Crippen LogP) is 4.38. The van der Waals surface area contributed by atoms with Crippen LogP contribution in [0.5, 0.6) is 5.75 Å². The van der Waals surface area contributed by atoms with Crippen molar-refractivity contribution in [2.75, 3.05) is 7.11 Å². The molecule has 0 radical (unpaired) electrons. The molecule has 0 aliphatic rings. The highest BCUT2D eigenvalue weighted by Gasteiger charge is 2.24. The van der Waals surface area contributed by atoms with Gasteiger partial charge in [0.05, 0.1) is 7.11 Å². The van der Waals surface area contributed by atoms with Crippen molar-refractivity contribution in [3.8, 4) is 5.75 Å². The molecule has 2 aromatic carbocycles. The van der Waals surface area contributed by atoms with Crippen molar-refractivity contribution in [2.24, 2.45) is 5.73 Å². The third kappa shape index (κ3) is 3.58. The van der Waals surface area contributed by atoms with Crippen LogP contribution in [0.15, 0.2) is 36.4 Å². The van der Waals surface area contributed by atoms with E-state index >= 15 is 0 Å². The summed E-state index contributed by atoms with van der Waals surface area (Å²) in [4.78, 5) is 0. The molecule has 3 heteroatoms. The molecular formula is C18H22ClNO. The van der Waals surface area contributed by atoms with Gasteiger partial charge in [-0.15, -0.1) is 0 Å². The highest BCUT2D eigenvalue weighted by atomic mass is 35.5. The second-order valence-corrected chi connectivity index (χ2v) is 6.29. The van der Waals surface area contributed by atoms with E-state index in [1.807, 2.05) is 25.1 Å². The van der Waals surface area contributed by atoms with Crippen LogP contribution in [0.3, 0.4) is 0 Å². The molecule has 0 heterocycles. The third-order valence-electron chi connectivity index (χ3n) is 3.97. The highest BCUT2D eigenvalue weighted by Crippen LogP contribution is 2.30. The molecular weight excluding hydrogens is 282 g/mol. The molecule has 0 bridgehead atoms. The number of benzene rings is 2. The first-order chi connectivity index (χ1) is 9.83. The van der Waals surface area contributed by atoms with E-state index in [2.05, 4.69) is 32.0 Å². The van der Waals surface area contributed by atoms with Crippen molar-refractivity contribution in [1.29, 1.82) is 0 Å². The van der Waals surface area contributed by atoms with Crippen molar-refractivity contribution < 1.29 is 4.74 Å². The maximum Gasteiger partial charge on any atom is 0.122 e. The average molecular weight is 304 g/mol. The second-order valence-electron chi connectivity index (χ2n) is 5.85. The first-order valence-corrected chi connectivity index (χ1v) is 7.40. The molecule has 0 aliphatic heterocycles. The number of halogens is 1. The van der Waals surface area contributed by atoms with E-state index in [4.69, 9.17) is 22.1 Å². The van der Waals surface area contributed by atoms with E-state index in [0.29, 0.717) is 11.4 Å². The predicted molar refractivity (Wildman–Crippen MR) is 89.2 cm³/mol. The van der Waals surface area contributed by atoms with Gasteiger partial charge in [-0.05, 0) is 67.6 Å². The maximum absolute atomic E-state index is 6.56.